The van der Waals surface area contributed by atoms with Gasteiger partial charge in [0.05, 0.1) is 5.69 Å². The van der Waals surface area contributed by atoms with Crippen LogP contribution in [0.2, 0.25) is 0 Å². The molecule has 4 heteroatoms. The molecule has 0 N–H and O–H groups in total. The summed E-state index contributed by atoms with van der Waals surface area (Å²) in [6.07, 6.45) is 5.28. The monoisotopic (exact) mass is 329 g/mol. The molecule has 0 radical (unpaired) electrons. The molecule has 0 amide bonds. The highest BCUT2D eigenvalue weighted by molar-refractivity contribution is 5.89. The summed E-state index contributed by atoms with van der Waals surface area (Å²) in [5, 5.41) is 0. The van der Waals surface area contributed by atoms with Gasteiger partial charge >= 0.3 is 0 Å². The molecule has 0 bridgehead atoms. The highest BCUT2D eigenvalue weighted by Crippen LogP contribution is 2.55. The molecule has 0 saturated heterocycles. The molecule has 25 heavy (non-hydrogen) atoms. The van der Waals surface area contributed by atoms with Gasteiger partial charge < -0.3 is 4.74 Å². The minimum atomic E-state index is -0.453. The summed E-state index contributed by atoms with van der Waals surface area (Å²) < 4.78 is 6.16. The van der Waals surface area contributed by atoms with Gasteiger partial charge in [-0.2, -0.15) is 0 Å². The zero-order chi connectivity index (χ0) is 17.4. The molecule has 124 valence electrons. The van der Waals surface area contributed by atoms with Crippen LogP contribution in [-0.4, -0.2) is 15.0 Å². The Hall–Kier alpha value is -2.75. The van der Waals surface area contributed by atoms with Crippen LogP contribution in [0.15, 0.2) is 42.9 Å². The van der Waals surface area contributed by atoms with Gasteiger partial charge in [0, 0.05) is 40.7 Å². The Morgan fingerprint density at radius 1 is 0.800 bits per heavy atom. The predicted octanol–water partition coefficient (Wildman–Crippen LogP) is 4.47. The van der Waals surface area contributed by atoms with Crippen LogP contribution in [0.3, 0.4) is 0 Å². The third kappa shape index (κ3) is 1.74. The van der Waals surface area contributed by atoms with Crippen molar-refractivity contribution in [3.63, 3.8) is 0 Å². The van der Waals surface area contributed by atoms with Gasteiger partial charge in [-0.25, -0.2) is 9.97 Å². The summed E-state index contributed by atoms with van der Waals surface area (Å²) in [6.45, 7) is 8.70. The first-order valence-electron chi connectivity index (χ1n) is 8.55. The van der Waals surface area contributed by atoms with Gasteiger partial charge in [0.25, 0.3) is 0 Å². The molecule has 1 aromatic carbocycles. The van der Waals surface area contributed by atoms with E-state index >= 15 is 0 Å². The molecule has 1 aliphatic carbocycles. The quantitative estimate of drug-likeness (QED) is 0.610. The van der Waals surface area contributed by atoms with Crippen LogP contribution in [0.1, 0.15) is 44.4 Å². The lowest BCUT2D eigenvalue weighted by atomic mass is 9.75. The fourth-order valence-corrected chi connectivity index (χ4v) is 4.32. The Balaban J connectivity index is 1.94. The smallest absolute Gasteiger partial charge is 0.241 e. The maximum Gasteiger partial charge on any atom is 0.241 e. The zero-order valence-electron chi connectivity index (χ0n) is 14.8. The van der Waals surface area contributed by atoms with Gasteiger partial charge in [0.15, 0.2) is 0 Å². The highest BCUT2D eigenvalue weighted by atomic mass is 16.5. The lowest BCUT2D eigenvalue weighted by Crippen LogP contribution is -2.32. The summed E-state index contributed by atoms with van der Waals surface area (Å²) in [5.41, 5.74) is 7.33. The van der Waals surface area contributed by atoms with Gasteiger partial charge in [-0.3, -0.25) is 4.98 Å². The highest BCUT2D eigenvalue weighted by Gasteiger charge is 2.44. The van der Waals surface area contributed by atoms with E-state index in [4.69, 9.17) is 4.74 Å². The van der Waals surface area contributed by atoms with Crippen molar-refractivity contribution in [2.75, 3.05) is 0 Å². The second-order valence-electron chi connectivity index (χ2n) is 7.76. The lowest BCUT2D eigenvalue weighted by Gasteiger charge is -2.36. The Kier molecular flexibility index (Phi) is 2.60. The van der Waals surface area contributed by atoms with Crippen molar-refractivity contribution in [1.29, 1.82) is 0 Å². The number of rotatable bonds is 0. The van der Waals surface area contributed by atoms with Crippen LogP contribution in [0, 0.1) is 0 Å². The second kappa shape index (κ2) is 4.45. The van der Waals surface area contributed by atoms with E-state index in [1.165, 1.54) is 16.7 Å². The fraction of sp³-hybridized carbons (Fsp3) is 0.286. The van der Waals surface area contributed by atoms with Crippen LogP contribution in [0.25, 0.3) is 22.5 Å². The number of benzene rings is 1. The normalized spacial score (nSPS) is 17.8. The first-order valence-corrected chi connectivity index (χ1v) is 8.55. The van der Waals surface area contributed by atoms with E-state index in [1.807, 2.05) is 12.3 Å². The van der Waals surface area contributed by atoms with E-state index in [-0.39, 0.29) is 5.41 Å². The van der Waals surface area contributed by atoms with Gasteiger partial charge in [0.1, 0.15) is 11.3 Å². The van der Waals surface area contributed by atoms with Crippen molar-refractivity contribution >= 4 is 0 Å². The van der Waals surface area contributed by atoms with Crippen molar-refractivity contribution in [2.45, 2.75) is 38.7 Å². The number of pyridine rings is 1. The first-order chi connectivity index (χ1) is 11.9. The molecule has 0 fully saturated rings. The number of fused-ring (bicyclic) bond motifs is 7. The van der Waals surface area contributed by atoms with E-state index in [2.05, 4.69) is 60.8 Å². The average molecular weight is 329 g/mol. The SMILES string of the molecule is CC1(C)Oc2nccnc2-c2c1ccc1c2C(C)(C)c2cccnc2-1. The van der Waals surface area contributed by atoms with E-state index < -0.39 is 5.60 Å². The molecule has 2 aliphatic rings. The van der Waals surface area contributed by atoms with Gasteiger partial charge in [-0.05, 0) is 31.0 Å². The molecule has 4 nitrogen and oxygen atoms in total. The standard InChI is InChI=1S/C21H19N3O/c1-20(2)14-6-5-9-22-17(14)12-7-8-13-15(16(12)20)18-19(24-11-10-23-18)25-21(13,3)4/h5-11H,1-4H3. The molecule has 2 aromatic heterocycles. The van der Waals surface area contributed by atoms with Crippen LogP contribution in [0.4, 0.5) is 0 Å². The molecule has 0 spiro atoms. The molecule has 3 aromatic rings. The summed E-state index contributed by atoms with van der Waals surface area (Å²) in [7, 11) is 0. The molecule has 0 saturated carbocycles. The van der Waals surface area contributed by atoms with Crippen LogP contribution in [0.5, 0.6) is 5.88 Å². The Labute approximate surface area is 146 Å². The molecule has 3 heterocycles. The van der Waals surface area contributed by atoms with Crippen molar-refractivity contribution in [3.8, 4) is 28.4 Å². The molecule has 1 aliphatic heterocycles. The average Bonchev–Trinajstić information content (AvgIpc) is 2.83. The Morgan fingerprint density at radius 3 is 2.40 bits per heavy atom. The van der Waals surface area contributed by atoms with Crippen LogP contribution in [-0.2, 0) is 11.0 Å². The molecular formula is C21H19N3O. The Bertz CT molecular complexity index is 1040. The number of nitrogens with zero attached hydrogens (tertiary/aromatic N) is 3. The number of hydrogen-bond acceptors (Lipinski definition) is 4. The van der Waals surface area contributed by atoms with E-state index in [9.17, 15) is 0 Å². The van der Waals surface area contributed by atoms with Crippen molar-refractivity contribution in [1.82, 2.24) is 15.0 Å². The van der Waals surface area contributed by atoms with Crippen molar-refractivity contribution < 1.29 is 4.74 Å². The number of ether oxygens (including phenoxy) is 1. The minimum Gasteiger partial charge on any atom is -0.465 e. The lowest BCUT2D eigenvalue weighted by molar-refractivity contribution is 0.0980. The van der Waals surface area contributed by atoms with Gasteiger partial charge in [-0.15, -0.1) is 0 Å². The Morgan fingerprint density at radius 2 is 1.56 bits per heavy atom. The van der Waals surface area contributed by atoms with Crippen LogP contribution < -0.4 is 4.74 Å². The van der Waals surface area contributed by atoms with Crippen molar-refractivity contribution in [2.24, 2.45) is 0 Å². The van der Waals surface area contributed by atoms with E-state index in [1.54, 1.807) is 12.4 Å². The topological polar surface area (TPSA) is 47.9 Å². The maximum atomic E-state index is 6.16. The van der Waals surface area contributed by atoms with E-state index in [0.29, 0.717) is 5.88 Å². The number of aromatic nitrogens is 3. The fourth-order valence-electron chi connectivity index (χ4n) is 4.32. The van der Waals surface area contributed by atoms with Gasteiger partial charge in [-0.1, -0.05) is 32.0 Å². The minimum absolute atomic E-state index is 0.146. The molecule has 5 rings (SSSR count). The summed E-state index contributed by atoms with van der Waals surface area (Å²) in [5.74, 6) is 0.605. The maximum absolute atomic E-state index is 6.16. The predicted molar refractivity (Wildman–Crippen MR) is 96.5 cm³/mol. The third-order valence-corrected chi connectivity index (χ3v) is 5.47. The largest absolute Gasteiger partial charge is 0.465 e. The second-order valence-corrected chi connectivity index (χ2v) is 7.76. The molecule has 0 atom stereocenters. The van der Waals surface area contributed by atoms with E-state index in [0.717, 1.165) is 22.5 Å². The third-order valence-electron chi connectivity index (χ3n) is 5.47. The zero-order valence-corrected chi connectivity index (χ0v) is 14.8. The molecular weight excluding hydrogens is 310 g/mol. The number of hydrogen-bond donors (Lipinski definition) is 0. The van der Waals surface area contributed by atoms with Gasteiger partial charge in [0.2, 0.25) is 5.88 Å². The summed E-state index contributed by atoms with van der Waals surface area (Å²) in [6, 6.07) is 8.53. The summed E-state index contributed by atoms with van der Waals surface area (Å²) >= 11 is 0. The van der Waals surface area contributed by atoms with Crippen LogP contribution >= 0.6 is 0 Å². The summed E-state index contributed by atoms with van der Waals surface area (Å²) in [4.78, 5) is 13.7. The molecule has 0 unspecified atom stereocenters. The first kappa shape index (κ1) is 14.6. The van der Waals surface area contributed by atoms with Crippen molar-refractivity contribution in [3.05, 3.63) is 59.5 Å².